The van der Waals surface area contributed by atoms with Crippen LogP contribution in [-0.2, 0) is 0 Å². The number of nitriles is 1. The minimum absolute atomic E-state index is 0.0734. The number of rotatable bonds is 3. The van der Waals surface area contributed by atoms with Gasteiger partial charge in [0.05, 0.1) is 6.07 Å². The number of carbonyl (C=O) groups is 1. The first kappa shape index (κ1) is 13.5. The standard InChI is InChI=1S/C13H15ClN2O/c1-8(2)12(7-15)16-13(17)10-4-9(3)5-11(14)6-10/h4-6,8,12H,1-3H3,(H,16,17). The van der Waals surface area contributed by atoms with Gasteiger partial charge in [-0.1, -0.05) is 25.4 Å². The molecule has 0 saturated heterocycles. The predicted octanol–water partition coefficient (Wildman–Crippen LogP) is 2.93. The number of aryl methyl sites for hydroxylation is 1. The van der Waals surface area contributed by atoms with Gasteiger partial charge in [-0.05, 0) is 36.6 Å². The maximum atomic E-state index is 11.9. The Kier molecular flexibility index (Phi) is 4.53. The molecule has 0 fully saturated rings. The summed E-state index contributed by atoms with van der Waals surface area (Å²) in [5.74, 6) is -0.194. The van der Waals surface area contributed by atoms with E-state index in [1.807, 2.05) is 20.8 Å². The van der Waals surface area contributed by atoms with E-state index in [-0.39, 0.29) is 11.8 Å². The molecule has 1 aromatic carbocycles. The molecule has 1 aromatic rings. The van der Waals surface area contributed by atoms with Crippen LogP contribution in [0.25, 0.3) is 0 Å². The highest BCUT2D eigenvalue weighted by Crippen LogP contribution is 2.15. The average molecular weight is 251 g/mol. The van der Waals surface area contributed by atoms with Crippen molar-refractivity contribution in [2.24, 2.45) is 5.92 Å². The summed E-state index contributed by atoms with van der Waals surface area (Å²) >= 11 is 5.88. The molecule has 0 aliphatic rings. The third-order valence-corrected chi connectivity index (χ3v) is 2.61. The second-order valence-electron chi connectivity index (χ2n) is 4.34. The fraction of sp³-hybridized carbons (Fsp3) is 0.385. The van der Waals surface area contributed by atoms with Gasteiger partial charge in [0.25, 0.3) is 5.91 Å². The van der Waals surface area contributed by atoms with Gasteiger partial charge in [0.15, 0.2) is 0 Å². The molecule has 0 aliphatic carbocycles. The minimum Gasteiger partial charge on any atom is -0.336 e. The van der Waals surface area contributed by atoms with Gasteiger partial charge >= 0.3 is 0 Å². The lowest BCUT2D eigenvalue weighted by Gasteiger charge is -2.15. The van der Waals surface area contributed by atoms with Gasteiger partial charge in [-0.25, -0.2) is 0 Å². The maximum absolute atomic E-state index is 11.9. The van der Waals surface area contributed by atoms with E-state index in [0.29, 0.717) is 10.6 Å². The topological polar surface area (TPSA) is 52.9 Å². The molecule has 1 N–H and O–H groups in total. The Hall–Kier alpha value is -1.53. The van der Waals surface area contributed by atoms with Crippen LogP contribution >= 0.6 is 11.6 Å². The first-order valence-electron chi connectivity index (χ1n) is 5.41. The van der Waals surface area contributed by atoms with Crippen LogP contribution in [0.1, 0.15) is 29.8 Å². The van der Waals surface area contributed by atoms with Crippen molar-refractivity contribution in [3.05, 3.63) is 34.3 Å². The van der Waals surface area contributed by atoms with Crippen LogP contribution in [0.3, 0.4) is 0 Å². The Balaban J connectivity index is 2.87. The summed E-state index contributed by atoms with van der Waals surface area (Å²) in [6.07, 6.45) is 0. The normalized spacial score (nSPS) is 12.0. The van der Waals surface area contributed by atoms with E-state index in [0.717, 1.165) is 5.56 Å². The highest BCUT2D eigenvalue weighted by molar-refractivity contribution is 6.31. The zero-order chi connectivity index (χ0) is 13.0. The van der Waals surface area contributed by atoms with Crippen LogP contribution in [0.4, 0.5) is 0 Å². The number of halogens is 1. The number of amides is 1. The number of carbonyl (C=O) groups excluding carboxylic acids is 1. The lowest BCUT2D eigenvalue weighted by molar-refractivity contribution is 0.0937. The summed E-state index contributed by atoms with van der Waals surface area (Å²) in [5, 5.41) is 12.1. The Labute approximate surface area is 106 Å². The second kappa shape index (κ2) is 5.70. The minimum atomic E-state index is -0.484. The van der Waals surface area contributed by atoms with Gasteiger partial charge < -0.3 is 5.32 Å². The van der Waals surface area contributed by atoms with Crippen molar-refractivity contribution in [1.82, 2.24) is 5.32 Å². The van der Waals surface area contributed by atoms with E-state index in [2.05, 4.69) is 11.4 Å². The third-order valence-electron chi connectivity index (χ3n) is 2.40. The molecular formula is C13H15ClN2O. The molecule has 1 amide bonds. The van der Waals surface area contributed by atoms with Crippen LogP contribution in [-0.4, -0.2) is 11.9 Å². The number of hydrogen-bond donors (Lipinski definition) is 1. The predicted molar refractivity (Wildman–Crippen MR) is 67.9 cm³/mol. The number of benzene rings is 1. The lowest BCUT2D eigenvalue weighted by atomic mass is 10.0. The van der Waals surface area contributed by atoms with Gasteiger partial charge in [-0.2, -0.15) is 5.26 Å². The summed E-state index contributed by atoms with van der Waals surface area (Å²) in [6.45, 7) is 5.64. The van der Waals surface area contributed by atoms with Crippen molar-refractivity contribution in [3.8, 4) is 6.07 Å². The van der Waals surface area contributed by atoms with Gasteiger partial charge in [-0.15, -0.1) is 0 Å². The Morgan fingerprint density at radius 3 is 2.53 bits per heavy atom. The fourth-order valence-electron chi connectivity index (χ4n) is 1.44. The summed E-state index contributed by atoms with van der Waals surface area (Å²) in [7, 11) is 0. The Morgan fingerprint density at radius 1 is 1.41 bits per heavy atom. The molecule has 0 radical (unpaired) electrons. The summed E-state index contributed by atoms with van der Waals surface area (Å²) in [6, 6.07) is 6.70. The summed E-state index contributed by atoms with van der Waals surface area (Å²) in [4.78, 5) is 11.9. The molecule has 17 heavy (non-hydrogen) atoms. The molecule has 0 aromatic heterocycles. The largest absolute Gasteiger partial charge is 0.336 e. The summed E-state index contributed by atoms with van der Waals surface area (Å²) < 4.78 is 0. The zero-order valence-corrected chi connectivity index (χ0v) is 10.9. The second-order valence-corrected chi connectivity index (χ2v) is 4.78. The molecular weight excluding hydrogens is 236 g/mol. The van der Waals surface area contributed by atoms with Crippen LogP contribution < -0.4 is 5.32 Å². The molecule has 0 spiro atoms. The highest BCUT2D eigenvalue weighted by atomic mass is 35.5. The fourth-order valence-corrected chi connectivity index (χ4v) is 1.73. The molecule has 3 nitrogen and oxygen atoms in total. The van der Waals surface area contributed by atoms with E-state index in [4.69, 9.17) is 16.9 Å². The number of nitrogens with zero attached hydrogens (tertiary/aromatic N) is 1. The molecule has 0 aliphatic heterocycles. The summed E-state index contributed by atoms with van der Waals surface area (Å²) in [5.41, 5.74) is 1.40. The average Bonchev–Trinajstić information content (AvgIpc) is 2.23. The van der Waals surface area contributed by atoms with E-state index in [1.54, 1.807) is 18.2 Å². The molecule has 1 rings (SSSR count). The smallest absolute Gasteiger partial charge is 0.252 e. The quantitative estimate of drug-likeness (QED) is 0.897. The maximum Gasteiger partial charge on any atom is 0.252 e. The van der Waals surface area contributed by atoms with Crippen molar-refractivity contribution >= 4 is 17.5 Å². The van der Waals surface area contributed by atoms with Crippen molar-refractivity contribution in [3.63, 3.8) is 0 Å². The van der Waals surface area contributed by atoms with Gasteiger partial charge in [0.2, 0.25) is 0 Å². The Morgan fingerprint density at radius 2 is 2.06 bits per heavy atom. The zero-order valence-electron chi connectivity index (χ0n) is 10.1. The van der Waals surface area contributed by atoms with Gasteiger partial charge in [-0.3, -0.25) is 4.79 Å². The molecule has 0 bridgehead atoms. The van der Waals surface area contributed by atoms with E-state index >= 15 is 0 Å². The van der Waals surface area contributed by atoms with Crippen molar-refractivity contribution in [2.45, 2.75) is 26.8 Å². The van der Waals surface area contributed by atoms with Gasteiger partial charge in [0.1, 0.15) is 6.04 Å². The first-order chi connectivity index (χ1) is 7.93. The Bertz CT molecular complexity index is 443. The monoisotopic (exact) mass is 250 g/mol. The molecule has 0 heterocycles. The van der Waals surface area contributed by atoms with E-state index in [9.17, 15) is 4.79 Å². The molecule has 1 unspecified atom stereocenters. The first-order valence-corrected chi connectivity index (χ1v) is 5.79. The number of nitrogens with one attached hydrogen (secondary N) is 1. The highest BCUT2D eigenvalue weighted by Gasteiger charge is 2.16. The third kappa shape index (κ3) is 3.76. The van der Waals surface area contributed by atoms with E-state index in [1.165, 1.54) is 0 Å². The van der Waals surface area contributed by atoms with Crippen molar-refractivity contribution in [2.75, 3.05) is 0 Å². The van der Waals surface area contributed by atoms with Crippen molar-refractivity contribution in [1.29, 1.82) is 5.26 Å². The van der Waals surface area contributed by atoms with Crippen LogP contribution in [0.5, 0.6) is 0 Å². The van der Waals surface area contributed by atoms with Crippen LogP contribution in [0.15, 0.2) is 18.2 Å². The van der Waals surface area contributed by atoms with Crippen LogP contribution in [0.2, 0.25) is 5.02 Å². The lowest BCUT2D eigenvalue weighted by Crippen LogP contribution is -2.37. The molecule has 90 valence electrons. The van der Waals surface area contributed by atoms with Gasteiger partial charge in [0, 0.05) is 10.6 Å². The molecule has 0 saturated carbocycles. The molecule has 4 heteroatoms. The van der Waals surface area contributed by atoms with Crippen LogP contribution in [0, 0.1) is 24.2 Å². The number of hydrogen-bond acceptors (Lipinski definition) is 2. The van der Waals surface area contributed by atoms with E-state index < -0.39 is 6.04 Å². The SMILES string of the molecule is Cc1cc(Cl)cc(C(=O)NC(C#N)C(C)C)c1. The van der Waals surface area contributed by atoms with Crippen molar-refractivity contribution < 1.29 is 4.79 Å². The molecule has 1 atom stereocenters.